The van der Waals surface area contributed by atoms with Gasteiger partial charge in [0, 0.05) is 70.7 Å². The van der Waals surface area contributed by atoms with Gasteiger partial charge < -0.3 is 19.4 Å². The number of aryl methyl sites for hydroxylation is 2. The molecule has 0 fully saturated rings. The highest BCUT2D eigenvalue weighted by Crippen LogP contribution is 2.31. The Morgan fingerprint density at radius 2 is 1.84 bits per heavy atom. The predicted molar refractivity (Wildman–Crippen MR) is 180 cm³/mol. The van der Waals surface area contributed by atoms with Crippen LogP contribution in [-0.2, 0) is 30.7 Å². The summed E-state index contributed by atoms with van der Waals surface area (Å²) in [6, 6.07) is 6.92. The molecule has 0 saturated carbocycles. The van der Waals surface area contributed by atoms with E-state index in [1.807, 2.05) is 59.8 Å². The highest BCUT2D eigenvalue weighted by Gasteiger charge is 2.19. The Kier molecular flexibility index (Phi) is 11.3. The topological polar surface area (TPSA) is 102 Å². The molecule has 10 heteroatoms. The van der Waals surface area contributed by atoms with Crippen molar-refractivity contribution in [2.24, 2.45) is 14.1 Å². The van der Waals surface area contributed by atoms with Crippen molar-refractivity contribution in [3.8, 4) is 11.1 Å². The van der Waals surface area contributed by atoms with Crippen molar-refractivity contribution in [3.05, 3.63) is 94.2 Å². The second-order valence-corrected chi connectivity index (χ2v) is 12.2. The minimum absolute atomic E-state index is 0.0815. The molecule has 0 saturated heterocycles. The van der Waals surface area contributed by atoms with Gasteiger partial charge in [-0.15, -0.1) is 0 Å². The van der Waals surface area contributed by atoms with E-state index in [9.17, 15) is 18.8 Å². The van der Waals surface area contributed by atoms with Crippen LogP contribution in [0.15, 0.2) is 60.6 Å². The lowest BCUT2D eigenvalue weighted by molar-refractivity contribution is -0.118. The molecule has 1 aromatic carbocycles. The van der Waals surface area contributed by atoms with Gasteiger partial charge >= 0.3 is 0 Å². The van der Waals surface area contributed by atoms with E-state index in [0.717, 1.165) is 34.5 Å². The molecule has 0 atom stereocenters. The van der Waals surface area contributed by atoms with Crippen LogP contribution >= 0.6 is 0 Å². The van der Waals surface area contributed by atoms with E-state index < -0.39 is 5.82 Å². The van der Waals surface area contributed by atoms with Gasteiger partial charge in [0.2, 0.25) is 0 Å². The van der Waals surface area contributed by atoms with Gasteiger partial charge in [0.15, 0.2) is 6.29 Å². The Morgan fingerprint density at radius 3 is 2.40 bits per heavy atom. The van der Waals surface area contributed by atoms with Crippen molar-refractivity contribution in [1.29, 1.82) is 0 Å². The Morgan fingerprint density at radius 1 is 1.13 bits per heavy atom. The number of aldehydes is 1. The number of aromatic nitrogens is 4. The number of Topliss-reactive ketones (excluding diaryl/α,β-unsaturated/α-hetero) is 1. The van der Waals surface area contributed by atoms with Gasteiger partial charge in [-0.2, -0.15) is 0 Å². The number of rotatable bonds is 10. The zero-order valence-electron chi connectivity index (χ0n) is 27.4. The maximum absolute atomic E-state index is 13.5. The summed E-state index contributed by atoms with van der Waals surface area (Å²) in [7, 11) is 7.40. The number of nitrogens with zero attached hydrogens (tertiary/aromatic N) is 5. The number of hydrogen-bond acceptors (Lipinski definition) is 7. The number of nitrogens with one attached hydrogen (secondary N) is 1. The second-order valence-electron chi connectivity index (χ2n) is 12.2. The summed E-state index contributed by atoms with van der Waals surface area (Å²) in [5.41, 5.74) is 4.20. The average molecular weight is 615 g/mol. The fourth-order valence-electron chi connectivity index (χ4n) is 4.81. The summed E-state index contributed by atoms with van der Waals surface area (Å²) in [5.74, 6) is 1.04. The maximum Gasteiger partial charge on any atom is 0.274 e. The molecule has 0 radical (unpaired) electrons. The fraction of sp³-hybridized carbons (Fsp3) is 0.343. The number of halogens is 1. The van der Waals surface area contributed by atoms with E-state index in [1.165, 1.54) is 16.7 Å². The van der Waals surface area contributed by atoms with E-state index in [4.69, 9.17) is 0 Å². The van der Waals surface area contributed by atoms with Gasteiger partial charge in [-0.05, 0) is 46.7 Å². The molecule has 0 unspecified atom stereocenters. The molecule has 9 nitrogen and oxygen atoms in total. The number of benzene rings is 1. The molecule has 1 N–H and O–H groups in total. The third kappa shape index (κ3) is 8.62. The van der Waals surface area contributed by atoms with Crippen LogP contribution in [-0.4, -0.2) is 45.3 Å². The van der Waals surface area contributed by atoms with Crippen LogP contribution in [0.5, 0.6) is 0 Å². The maximum atomic E-state index is 13.5. The summed E-state index contributed by atoms with van der Waals surface area (Å²) in [6.07, 6.45) is 10.7. The number of ketones is 1. The normalized spacial score (nSPS) is 11.0. The molecule has 3 heterocycles. The van der Waals surface area contributed by atoms with Crippen molar-refractivity contribution in [3.63, 3.8) is 0 Å². The van der Waals surface area contributed by atoms with Crippen LogP contribution in [0.1, 0.15) is 67.6 Å². The lowest BCUT2D eigenvalue weighted by Gasteiger charge is -2.20. The molecule has 0 aliphatic carbocycles. The molecule has 238 valence electrons. The first-order valence-corrected chi connectivity index (χ1v) is 14.7. The molecular weight excluding hydrogens is 571 g/mol. The number of pyridine rings is 2. The van der Waals surface area contributed by atoms with Gasteiger partial charge in [0.25, 0.3) is 5.56 Å². The van der Waals surface area contributed by atoms with E-state index in [2.05, 4.69) is 21.9 Å². The summed E-state index contributed by atoms with van der Waals surface area (Å²) in [6.45, 7) is 11.6. The molecule has 3 aromatic heterocycles. The molecule has 0 bridgehead atoms. The van der Waals surface area contributed by atoms with Crippen LogP contribution in [0.2, 0.25) is 0 Å². The summed E-state index contributed by atoms with van der Waals surface area (Å²) < 4.78 is 16.9. The van der Waals surface area contributed by atoms with Crippen molar-refractivity contribution >= 4 is 35.5 Å². The fourth-order valence-corrected chi connectivity index (χ4v) is 4.81. The third-order valence-corrected chi connectivity index (χ3v) is 7.19. The minimum atomic E-state index is -0.479. The summed E-state index contributed by atoms with van der Waals surface area (Å²) in [4.78, 5) is 46.5. The van der Waals surface area contributed by atoms with Crippen molar-refractivity contribution < 1.29 is 14.0 Å². The van der Waals surface area contributed by atoms with Crippen LogP contribution < -0.4 is 15.8 Å². The molecule has 0 amide bonds. The lowest BCUT2D eigenvalue weighted by atomic mass is 9.85. The van der Waals surface area contributed by atoms with E-state index >= 15 is 0 Å². The van der Waals surface area contributed by atoms with Crippen molar-refractivity contribution in [2.75, 3.05) is 24.3 Å². The van der Waals surface area contributed by atoms with Gasteiger partial charge in [-0.1, -0.05) is 46.4 Å². The summed E-state index contributed by atoms with van der Waals surface area (Å²) >= 11 is 0. The number of carbonyl (C=O) groups is 2. The molecule has 45 heavy (non-hydrogen) atoms. The van der Waals surface area contributed by atoms with Gasteiger partial charge in [-0.3, -0.25) is 14.4 Å². The molecule has 4 aromatic rings. The summed E-state index contributed by atoms with van der Waals surface area (Å²) in [5, 5.41) is 3.10. The van der Waals surface area contributed by atoms with E-state index in [0.29, 0.717) is 36.2 Å². The molecular formula is C35H43FN6O3. The Balaban J connectivity index is 0.000000309. The van der Waals surface area contributed by atoms with Crippen LogP contribution in [0, 0.1) is 5.82 Å². The SMILES string of the molecule is C=Cc1cc(C(C)(C)C)cc(F)c1C=O.CCCC(=O)Cc1c(-c2cc(Nc3cn(C)cn3)c(=O)n(C)c2)ccnc1N(C)C. The largest absolute Gasteiger partial charge is 0.362 e. The number of anilines is 3. The van der Waals surface area contributed by atoms with Crippen molar-refractivity contribution in [2.45, 2.75) is 52.4 Å². The highest BCUT2D eigenvalue weighted by molar-refractivity contribution is 5.86. The van der Waals surface area contributed by atoms with Crippen LogP contribution in [0.25, 0.3) is 17.2 Å². The molecule has 0 aliphatic rings. The van der Waals surface area contributed by atoms with E-state index in [1.54, 1.807) is 48.7 Å². The minimum Gasteiger partial charge on any atom is -0.362 e. The first kappa shape index (κ1) is 34.6. The highest BCUT2D eigenvalue weighted by atomic mass is 19.1. The first-order chi connectivity index (χ1) is 21.2. The smallest absolute Gasteiger partial charge is 0.274 e. The number of carbonyl (C=O) groups excluding carboxylic acids is 2. The average Bonchev–Trinajstić information content (AvgIpc) is 3.39. The second kappa shape index (κ2) is 14.7. The van der Waals surface area contributed by atoms with Crippen molar-refractivity contribution in [1.82, 2.24) is 19.1 Å². The Bertz CT molecular complexity index is 1750. The Labute approximate surface area is 264 Å². The van der Waals surface area contributed by atoms with Crippen LogP contribution in [0.4, 0.5) is 21.7 Å². The number of hydrogen-bond donors (Lipinski definition) is 1. The third-order valence-electron chi connectivity index (χ3n) is 7.19. The molecule has 0 aliphatic heterocycles. The molecule has 0 spiro atoms. The van der Waals surface area contributed by atoms with Crippen LogP contribution in [0.3, 0.4) is 0 Å². The van der Waals surface area contributed by atoms with Gasteiger partial charge in [0.1, 0.15) is 28.9 Å². The van der Waals surface area contributed by atoms with Gasteiger partial charge in [-0.25, -0.2) is 14.4 Å². The predicted octanol–water partition coefficient (Wildman–Crippen LogP) is 6.48. The molecule has 4 rings (SSSR count). The number of imidazole rings is 1. The standard InChI is InChI=1S/C22H28N6O2.C13H15FO/c1-6-7-16(29)11-18-17(8-9-23-21(18)26(2)3)15-10-19(22(30)28(5)12-15)25-20-13-27(4)14-24-20;1-5-9-6-10(13(2,3)4)7-12(14)11(9)8-15/h8-10,12-14,25H,6-7,11H2,1-5H3;5-8H,1H2,2-4H3. The first-order valence-electron chi connectivity index (χ1n) is 14.7. The van der Waals surface area contributed by atoms with Gasteiger partial charge in [0.05, 0.1) is 11.9 Å². The Hall–Kier alpha value is -4.86. The quantitative estimate of drug-likeness (QED) is 0.204. The monoisotopic (exact) mass is 614 g/mol. The van der Waals surface area contributed by atoms with E-state index in [-0.39, 0.29) is 22.3 Å². The zero-order chi connectivity index (χ0) is 33.5. The zero-order valence-corrected chi connectivity index (χ0v) is 27.4. The lowest BCUT2D eigenvalue weighted by Crippen LogP contribution is -2.20.